The number of ether oxygens (including phenoxy) is 1. The topological polar surface area (TPSA) is 121 Å². The van der Waals surface area contributed by atoms with Crippen LogP contribution in [0, 0.1) is 22.9 Å². The molecule has 14 heteroatoms. The van der Waals surface area contributed by atoms with Gasteiger partial charge in [0.25, 0.3) is 16.5 Å². The van der Waals surface area contributed by atoms with E-state index in [9.17, 15) is 21.6 Å². The summed E-state index contributed by atoms with van der Waals surface area (Å²) in [4.78, 5) is 13.2. The Hall–Kier alpha value is -3.20. The zero-order chi connectivity index (χ0) is 26.6. The molecule has 1 spiro atoms. The normalized spacial score (nSPS) is 16.2. The van der Waals surface area contributed by atoms with E-state index in [1.54, 1.807) is 6.07 Å². The lowest BCUT2D eigenvalue weighted by Crippen LogP contribution is -2.65. The summed E-state index contributed by atoms with van der Waals surface area (Å²) in [6.45, 7) is 3.56. The van der Waals surface area contributed by atoms with Gasteiger partial charge in [-0.1, -0.05) is 12.1 Å². The molecule has 1 aromatic heterocycles. The van der Waals surface area contributed by atoms with Crippen LogP contribution in [0.5, 0.6) is 0 Å². The summed E-state index contributed by atoms with van der Waals surface area (Å²) < 4.78 is 76.1. The first-order valence-corrected chi connectivity index (χ1v) is 13.4. The number of anilines is 2. The molecule has 5 rings (SSSR count). The zero-order valence-corrected chi connectivity index (χ0v) is 20.9. The highest BCUT2D eigenvalue weighted by molar-refractivity contribution is 7.92. The van der Waals surface area contributed by atoms with Crippen LogP contribution >= 0.6 is 11.3 Å². The molecule has 37 heavy (non-hydrogen) atoms. The molecule has 2 aromatic carbocycles. The predicted molar refractivity (Wildman–Crippen MR) is 130 cm³/mol. The molecule has 3 aromatic rings. The highest BCUT2D eigenvalue weighted by Crippen LogP contribution is 2.38. The SMILES string of the molecule is O=CO.O=S(=O)(Nc1cscn1)c1c(F)cc(NCc2c(F)cccc2CN2CC3(COC3)C2)cc1F. The Balaban J connectivity index is 0.00000102. The third kappa shape index (κ3) is 6.04. The number of benzene rings is 2. The van der Waals surface area contributed by atoms with Gasteiger partial charge in [-0.3, -0.25) is 14.4 Å². The van der Waals surface area contributed by atoms with Gasteiger partial charge in [0.05, 0.1) is 18.7 Å². The van der Waals surface area contributed by atoms with Crippen molar-refractivity contribution in [2.24, 2.45) is 5.41 Å². The van der Waals surface area contributed by atoms with Crippen molar-refractivity contribution in [3.8, 4) is 0 Å². The molecule has 0 aliphatic carbocycles. The van der Waals surface area contributed by atoms with E-state index in [2.05, 4.69) is 15.2 Å². The minimum absolute atomic E-state index is 0.00803. The molecular weight excluding hydrogens is 533 g/mol. The second kappa shape index (κ2) is 11.0. The molecule has 2 aliphatic rings. The average Bonchev–Trinajstić information content (AvgIpc) is 3.26. The lowest BCUT2D eigenvalue weighted by molar-refractivity contribution is -0.191. The summed E-state index contributed by atoms with van der Waals surface area (Å²) >= 11 is 1.13. The lowest BCUT2D eigenvalue weighted by atomic mass is 9.78. The minimum atomic E-state index is -4.52. The fourth-order valence-corrected chi connectivity index (χ4v) is 6.02. The molecule has 0 unspecified atom stereocenters. The van der Waals surface area contributed by atoms with Crippen molar-refractivity contribution in [3.05, 3.63) is 69.8 Å². The summed E-state index contributed by atoms with van der Waals surface area (Å²) in [5.41, 5.74) is 2.77. The number of rotatable bonds is 8. The van der Waals surface area contributed by atoms with Crippen LogP contribution in [0.4, 0.5) is 24.7 Å². The molecule has 9 nitrogen and oxygen atoms in total. The first-order valence-electron chi connectivity index (χ1n) is 10.9. The number of nitrogens with one attached hydrogen (secondary N) is 2. The van der Waals surface area contributed by atoms with E-state index in [1.807, 2.05) is 10.8 Å². The Kier molecular flexibility index (Phi) is 8.02. The maximum atomic E-state index is 14.6. The average molecular weight is 557 g/mol. The van der Waals surface area contributed by atoms with Crippen LogP contribution in [0.1, 0.15) is 11.1 Å². The number of hydrogen-bond acceptors (Lipinski definition) is 8. The standard InChI is InChI=1S/C22H21F3N4O3S2.CH2O2/c23-17-3-1-2-14(7-29-9-22(10-29)11-32-12-22)16(17)6-26-15-4-18(24)21(19(25)5-15)34(30,31)28-20-8-33-13-27-20;2-1-3/h1-5,8,13,26,28H,6-7,9-12H2;1H,(H,2,3). The molecule has 0 radical (unpaired) electrons. The Morgan fingerprint density at radius 2 is 1.84 bits per heavy atom. The fraction of sp³-hybridized carbons (Fsp3) is 0.304. The van der Waals surface area contributed by atoms with E-state index in [0.29, 0.717) is 12.1 Å². The Labute approximate surface area is 215 Å². The maximum Gasteiger partial charge on any atom is 0.290 e. The van der Waals surface area contributed by atoms with E-state index < -0.39 is 32.4 Å². The summed E-state index contributed by atoms with van der Waals surface area (Å²) in [7, 11) is -4.52. The first kappa shape index (κ1) is 26.9. The third-order valence-corrected chi connectivity index (χ3v) is 7.94. The van der Waals surface area contributed by atoms with E-state index in [0.717, 1.165) is 55.3 Å². The number of hydrogen-bond donors (Lipinski definition) is 3. The second-order valence-electron chi connectivity index (χ2n) is 8.72. The number of thiazole rings is 1. The van der Waals surface area contributed by atoms with Crippen LogP contribution < -0.4 is 10.0 Å². The van der Waals surface area contributed by atoms with Crippen molar-refractivity contribution >= 4 is 39.3 Å². The zero-order valence-electron chi connectivity index (χ0n) is 19.3. The largest absolute Gasteiger partial charge is 0.483 e. The van der Waals surface area contributed by atoms with Gasteiger partial charge in [0.15, 0.2) is 10.7 Å². The highest BCUT2D eigenvalue weighted by Gasteiger charge is 2.48. The molecule has 0 atom stereocenters. The molecule has 198 valence electrons. The van der Waals surface area contributed by atoms with Crippen molar-refractivity contribution in [1.29, 1.82) is 0 Å². The van der Waals surface area contributed by atoms with Crippen LogP contribution in [0.2, 0.25) is 0 Å². The number of carbonyl (C=O) groups is 1. The first-order chi connectivity index (χ1) is 17.7. The van der Waals surface area contributed by atoms with Crippen molar-refractivity contribution < 1.29 is 36.2 Å². The molecule has 3 N–H and O–H groups in total. The second-order valence-corrected chi connectivity index (χ2v) is 11.1. The highest BCUT2D eigenvalue weighted by atomic mass is 32.2. The van der Waals surface area contributed by atoms with Gasteiger partial charge in [0.2, 0.25) is 0 Å². The summed E-state index contributed by atoms with van der Waals surface area (Å²) in [6, 6.07) is 6.52. The van der Waals surface area contributed by atoms with Gasteiger partial charge in [-0.25, -0.2) is 26.6 Å². The summed E-state index contributed by atoms with van der Waals surface area (Å²) in [5.74, 6) is -3.00. The van der Waals surface area contributed by atoms with E-state index in [1.165, 1.54) is 17.0 Å². The van der Waals surface area contributed by atoms with Crippen LogP contribution in [-0.2, 0) is 32.6 Å². The Morgan fingerprint density at radius 1 is 1.16 bits per heavy atom. The predicted octanol–water partition coefficient (Wildman–Crippen LogP) is 3.51. The maximum absolute atomic E-state index is 14.6. The minimum Gasteiger partial charge on any atom is -0.483 e. The van der Waals surface area contributed by atoms with Crippen LogP contribution in [0.25, 0.3) is 0 Å². The number of nitrogens with zero attached hydrogens (tertiary/aromatic N) is 2. The molecule has 2 saturated heterocycles. The summed E-state index contributed by atoms with van der Waals surface area (Å²) in [5, 5.41) is 11.1. The van der Waals surface area contributed by atoms with Gasteiger partial charge in [-0.15, -0.1) is 11.3 Å². The Bertz CT molecular complexity index is 1340. The number of carboxylic acid groups (broad SMARTS) is 1. The van der Waals surface area contributed by atoms with Crippen LogP contribution in [-0.4, -0.2) is 56.2 Å². The molecular formula is C23H23F3N4O5S2. The third-order valence-electron chi connectivity index (χ3n) is 5.95. The summed E-state index contributed by atoms with van der Waals surface area (Å²) in [6.07, 6.45) is 0. The molecule has 0 saturated carbocycles. The smallest absolute Gasteiger partial charge is 0.290 e. The monoisotopic (exact) mass is 556 g/mol. The molecule has 2 aliphatic heterocycles. The van der Waals surface area contributed by atoms with E-state index in [4.69, 9.17) is 14.6 Å². The van der Waals surface area contributed by atoms with E-state index in [-0.39, 0.29) is 29.9 Å². The van der Waals surface area contributed by atoms with E-state index >= 15 is 0 Å². The van der Waals surface area contributed by atoms with Crippen molar-refractivity contribution in [1.82, 2.24) is 9.88 Å². The molecule has 0 amide bonds. The van der Waals surface area contributed by atoms with Gasteiger partial charge < -0.3 is 15.2 Å². The number of aromatic nitrogens is 1. The van der Waals surface area contributed by atoms with Gasteiger partial charge >= 0.3 is 0 Å². The lowest BCUT2D eigenvalue weighted by Gasteiger charge is -2.55. The Morgan fingerprint density at radius 3 is 2.41 bits per heavy atom. The quantitative estimate of drug-likeness (QED) is 0.361. The molecule has 0 bridgehead atoms. The van der Waals surface area contributed by atoms with Crippen molar-refractivity contribution in [2.75, 3.05) is 36.3 Å². The van der Waals surface area contributed by atoms with Gasteiger partial charge in [0, 0.05) is 48.2 Å². The number of sulfonamides is 1. The number of likely N-dealkylation sites (tertiary alicyclic amines) is 1. The molecule has 3 heterocycles. The van der Waals surface area contributed by atoms with Gasteiger partial charge in [-0.2, -0.15) is 0 Å². The fourth-order valence-electron chi connectivity index (χ4n) is 4.34. The number of halogens is 3. The van der Waals surface area contributed by atoms with Gasteiger partial charge in [-0.05, 0) is 23.8 Å². The van der Waals surface area contributed by atoms with Gasteiger partial charge in [0.1, 0.15) is 17.5 Å². The van der Waals surface area contributed by atoms with Crippen molar-refractivity contribution in [3.63, 3.8) is 0 Å². The van der Waals surface area contributed by atoms with Crippen LogP contribution in [0.3, 0.4) is 0 Å². The molecule has 2 fully saturated rings. The van der Waals surface area contributed by atoms with Crippen molar-refractivity contribution in [2.45, 2.75) is 18.0 Å². The van der Waals surface area contributed by atoms with Crippen LogP contribution in [0.15, 0.2) is 46.1 Å².